The fourth-order valence-corrected chi connectivity index (χ4v) is 6.91. The molecular formula is C19H33NO5S. The summed E-state index contributed by atoms with van der Waals surface area (Å²) in [4.78, 5) is 11.6. The average molecular weight is 388 g/mol. The first-order valence-corrected chi connectivity index (χ1v) is 11.8. The molecule has 2 saturated heterocycles. The Labute approximate surface area is 157 Å². The van der Waals surface area contributed by atoms with Crippen molar-refractivity contribution in [3.8, 4) is 0 Å². The predicted molar refractivity (Wildman–Crippen MR) is 99.3 cm³/mol. The van der Waals surface area contributed by atoms with E-state index in [0.29, 0.717) is 32.5 Å². The van der Waals surface area contributed by atoms with Crippen LogP contribution < -0.4 is 0 Å². The van der Waals surface area contributed by atoms with Gasteiger partial charge in [-0.2, -0.15) is 4.31 Å². The third-order valence-corrected chi connectivity index (χ3v) is 8.50. The minimum atomic E-state index is -3.22. The van der Waals surface area contributed by atoms with Crippen molar-refractivity contribution in [2.75, 3.05) is 19.7 Å². The molecular weight excluding hydrogens is 354 g/mol. The molecule has 3 fully saturated rings. The number of rotatable bonds is 6. The Morgan fingerprint density at radius 2 is 1.92 bits per heavy atom. The van der Waals surface area contributed by atoms with Gasteiger partial charge < -0.3 is 9.47 Å². The second kappa shape index (κ2) is 8.57. The van der Waals surface area contributed by atoms with Gasteiger partial charge in [-0.05, 0) is 51.9 Å². The molecule has 1 spiro atoms. The predicted octanol–water partition coefficient (Wildman–Crippen LogP) is 3.01. The largest absolute Gasteiger partial charge is 0.466 e. The van der Waals surface area contributed by atoms with Gasteiger partial charge in [0, 0.05) is 19.5 Å². The van der Waals surface area contributed by atoms with Crippen LogP contribution in [0.3, 0.4) is 0 Å². The van der Waals surface area contributed by atoms with Gasteiger partial charge in [-0.3, -0.25) is 4.79 Å². The number of piperidine rings is 1. The molecule has 0 amide bonds. The number of hydrogen-bond donors (Lipinski definition) is 0. The quantitative estimate of drug-likeness (QED) is 0.655. The lowest BCUT2D eigenvalue weighted by Crippen LogP contribution is -2.52. The molecule has 1 saturated carbocycles. The normalized spacial score (nSPS) is 31.3. The topological polar surface area (TPSA) is 72.9 Å². The van der Waals surface area contributed by atoms with Crippen molar-refractivity contribution in [1.82, 2.24) is 4.31 Å². The van der Waals surface area contributed by atoms with Crippen molar-refractivity contribution in [2.45, 2.75) is 94.5 Å². The number of hydrogen-bond acceptors (Lipinski definition) is 5. The average Bonchev–Trinajstić information content (AvgIpc) is 3.03. The van der Waals surface area contributed by atoms with E-state index in [1.165, 1.54) is 0 Å². The van der Waals surface area contributed by atoms with Gasteiger partial charge in [0.1, 0.15) is 0 Å². The number of carbonyl (C=O) groups excluding carboxylic acids is 1. The summed E-state index contributed by atoms with van der Waals surface area (Å²) in [5.74, 6) is -0.179. The Balaban J connectivity index is 1.57. The lowest BCUT2D eigenvalue weighted by molar-refractivity contribution is -0.144. The van der Waals surface area contributed by atoms with E-state index >= 15 is 0 Å². The van der Waals surface area contributed by atoms with Gasteiger partial charge in [-0.25, -0.2) is 8.42 Å². The molecule has 0 aromatic carbocycles. The van der Waals surface area contributed by atoms with Gasteiger partial charge in [0.25, 0.3) is 0 Å². The highest BCUT2D eigenvalue weighted by Gasteiger charge is 2.47. The molecule has 7 heteroatoms. The van der Waals surface area contributed by atoms with E-state index in [4.69, 9.17) is 9.47 Å². The fourth-order valence-electron chi connectivity index (χ4n) is 4.76. The van der Waals surface area contributed by atoms with E-state index in [1.807, 2.05) is 6.92 Å². The number of nitrogens with zero attached hydrogens (tertiary/aromatic N) is 1. The second-order valence-electron chi connectivity index (χ2n) is 8.05. The Bertz CT molecular complexity index is 587. The maximum Gasteiger partial charge on any atom is 0.305 e. The number of carbonyl (C=O) groups is 1. The van der Waals surface area contributed by atoms with Crippen LogP contribution in [-0.4, -0.2) is 55.3 Å². The van der Waals surface area contributed by atoms with E-state index < -0.39 is 10.0 Å². The zero-order valence-electron chi connectivity index (χ0n) is 16.0. The summed E-state index contributed by atoms with van der Waals surface area (Å²) in [6.45, 7) is 3.32. The van der Waals surface area contributed by atoms with Crippen molar-refractivity contribution in [1.29, 1.82) is 0 Å². The van der Waals surface area contributed by atoms with Gasteiger partial charge in [0.05, 0.1) is 23.6 Å². The highest BCUT2D eigenvalue weighted by molar-refractivity contribution is 7.89. The van der Waals surface area contributed by atoms with Crippen LogP contribution in [0, 0.1) is 0 Å². The summed E-state index contributed by atoms with van der Waals surface area (Å²) in [6, 6.07) is 0. The van der Waals surface area contributed by atoms with Crippen molar-refractivity contribution in [3.63, 3.8) is 0 Å². The molecule has 2 heterocycles. The molecule has 2 aliphatic heterocycles. The maximum absolute atomic E-state index is 13.1. The molecule has 2 atom stereocenters. The molecule has 0 N–H and O–H groups in total. The van der Waals surface area contributed by atoms with Crippen molar-refractivity contribution in [3.05, 3.63) is 0 Å². The molecule has 3 rings (SSSR count). The van der Waals surface area contributed by atoms with Crippen LogP contribution >= 0.6 is 0 Å². The van der Waals surface area contributed by atoms with E-state index in [1.54, 1.807) is 4.31 Å². The third kappa shape index (κ3) is 4.60. The van der Waals surface area contributed by atoms with Crippen LogP contribution in [0.4, 0.5) is 0 Å². The number of ether oxygens (including phenoxy) is 2. The van der Waals surface area contributed by atoms with Gasteiger partial charge in [-0.1, -0.05) is 19.3 Å². The summed E-state index contributed by atoms with van der Waals surface area (Å²) >= 11 is 0. The number of esters is 1. The maximum atomic E-state index is 13.1. The minimum absolute atomic E-state index is 0.0386. The molecule has 150 valence electrons. The molecule has 3 aliphatic rings. The van der Waals surface area contributed by atoms with E-state index in [9.17, 15) is 13.2 Å². The van der Waals surface area contributed by atoms with Crippen LogP contribution in [0.15, 0.2) is 0 Å². The van der Waals surface area contributed by atoms with Gasteiger partial charge >= 0.3 is 5.97 Å². The highest BCUT2D eigenvalue weighted by atomic mass is 32.2. The van der Waals surface area contributed by atoms with Crippen LogP contribution in [0.5, 0.6) is 0 Å². The second-order valence-corrected chi connectivity index (χ2v) is 10.3. The zero-order valence-corrected chi connectivity index (χ0v) is 16.8. The van der Waals surface area contributed by atoms with Gasteiger partial charge in [0.15, 0.2) is 0 Å². The molecule has 0 bridgehead atoms. The highest BCUT2D eigenvalue weighted by Crippen LogP contribution is 2.40. The third-order valence-electron chi connectivity index (χ3n) is 6.15. The zero-order chi connectivity index (χ0) is 18.6. The van der Waals surface area contributed by atoms with E-state index in [-0.39, 0.29) is 22.9 Å². The first-order chi connectivity index (χ1) is 12.5. The fraction of sp³-hybridized carbons (Fsp3) is 0.947. The van der Waals surface area contributed by atoms with E-state index in [2.05, 4.69) is 0 Å². The Morgan fingerprint density at radius 1 is 1.15 bits per heavy atom. The molecule has 1 aliphatic carbocycles. The van der Waals surface area contributed by atoms with Crippen molar-refractivity contribution >= 4 is 16.0 Å². The summed E-state index contributed by atoms with van der Waals surface area (Å²) < 4.78 is 39.1. The van der Waals surface area contributed by atoms with Gasteiger partial charge in [0.2, 0.25) is 10.0 Å². The minimum Gasteiger partial charge on any atom is -0.466 e. The molecule has 26 heavy (non-hydrogen) atoms. The first kappa shape index (κ1) is 20.1. The monoisotopic (exact) mass is 387 g/mol. The molecule has 0 unspecified atom stereocenters. The lowest BCUT2D eigenvalue weighted by atomic mass is 9.91. The summed E-state index contributed by atoms with van der Waals surface area (Å²) in [5, 5.41) is -0.201. The molecule has 0 radical (unpaired) electrons. The summed E-state index contributed by atoms with van der Waals surface area (Å²) in [5.41, 5.74) is -0.348. The molecule has 0 aromatic heterocycles. The standard InChI is InChI=1S/C19H33NO5S/c1-2-24-18(21)10-9-16-11-13-19(25-16)12-6-14-20(15-19)26(22,23)17-7-4-3-5-8-17/h16-17H,2-15H2,1H3/t16-,19-/m0/s1. The van der Waals surface area contributed by atoms with Crippen LogP contribution in [0.1, 0.15) is 77.6 Å². The van der Waals surface area contributed by atoms with Crippen LogP contribution in [-0.2, 0) is 24.3 Å². The smallest absolute Gasteiger partial charge is 0.305 e. The molecule has 6 nitrogen and oxygen atoms in total. The van der Waals surface area contributed by atoms with Gasteiger partial charge in [-0.15, -0.1) is 0 Å². The van der Waals surface area contributed by atoms with E-state index in [0.717, 1.165) is 57.8 Å². The van der Waals surface area contributed by atoms with Crippen molar-refractivity contribution < 1.29 is 22.7 Å². The van der Waals surface area contributed by atoms with Crippen LogP contribution in [0.2, 0.25) is 0 Å². The lowest BCUT2D eigenvalue weighted by Gasteiger charge is -2.41. The first-order valence-electron chi connectivity index (χ1n) is 10.3. The summed E-state index contributed by atoms with van der Waals surface area (Å²) in [7, 11) is -3.22. The summed E-state index contributed by atoms with van der Waals surface area (Å²) in [6.07, 6.45) is 9.44. The Kier molecular flexibility index (Phi) is 6.62. The number of sulfonamides is 1. The molecule has 0 aromatic rings. The van der Waals surface area contributed by atoms with Crippen LogP contribution in [0.25, 0.3) is 0 Å². The SMILES string of the molecule is CCOC(=O)CC[C@H]1CC[C@]2(CCCN(S(=O)(=O)C3CCCCC3)C2)O1. The Morgan fingerprint density at radius 3 is 2.65 bits per heavy atom. The van der Waals surface area contributed by atoms with Crippen molar-refractivity contribution in [2.24, 2.45) is 0 Å². The Hall–Kier alpha value is -0.660.